The number of nitrogens with zero attached hydrogens (tertiary/aromatic N) is 1. The summed E-state index contributed by atoms with van der Waals surface area (Å²) in [6.45, 7) is 3.78. The maximum absolute atomic E-state index is 10.5. The summed E-state index contributed by atoms with van der Waals surface area (Å²) in [5.74, 6) is 0.863. The molecule has 1 N–H and O–H groups in total. The summed E-state index contributed by atoms with van der Waals surface area (Å²) in [5.41, 5.74) is -0.308. The molecule has 0 unspecified atom stereocenters. The van der Waals surface area contributed by atoms with E-state index in [2.05, 4.69) is 9.97 Å². The lowest BCUT2D eigenvalue weighted by molar-refractivity contribution is -0.114. The van der Waals surface area contributed by atoms with Crippen LogP contribution >= 0.6 is 0 Å². The number of carbonyl (C=O) groups excluding carboxylic acids is 1. The number of nitrogens with one attached hydrogen (secondary N) is 1. The lowest BCUT2D eigenvalue weighted by Gasteiger charge is -2.13. The third-order valence-electron chi connectivity index (χ3n) is 1.50. The van der Waals surface area contributed by atoms with Gasteiger partial charge in [0.05, 0.1) is 0 Å². The Hall–Kier alpha value is -1.12. The largest absolute Gasteiger partial charge is 0.349 e. The Bertz CT molecular complexity index is 226. The van der Waals surface area contributed by atoms with Gasteiger partial charge >= 0.3 is 0 Å². The molecule has 11 heavy (non-hydrogen) atoms. The zero-order valence-electron chi connectivity index (χ0n) is 6.79. The van der Waals surface area contributed by atoms with Crippen molar-refractivity contribution in [3.8, 4) is 0 Å². The molecule has 60 valence electrons. The number of H-pyrrole nitrogens is 1. The molecule has 0 aliphatic carbocycles. The second kappa shape index (κ2) is 2.86. The van der Waals surface area contributed by atoms with Crippen molar-refractivity contribution in [2.75, 3.05) is 0 Å². The van der Waals surface area contributed by atoms with Gasteiger partial charge in [-0.3, -0.25) is 0 Å². The van der Waals surface area contributed by atoms with Gasteiger partial charge < -0.3 is 9.78 Å². The second-order valence-electron chi connectivity index (χ2n) is 3.32. The number of aldehydes is 1. The third kappa shape index (κ3) is 2.18. The van der Waals surface area contributed by atoms with E-state index in [1.165, 1.54) is 0 Å². The highest BCUT2D eigenvalue weighted by atomic mass is 16.1. The smallest absolute Gasteiger partial charge is 0.126 e. The monoisotopic (exact) mass is 152 g/mol. The molecule has 1 heterocycles. The van der Waals surface area contributed by atoms with Crippen LogP contribution in [0.25, 0.3) is 0 Å². The Morgan fingerprint density at radius 1 is 1.73 bits per heavy atom. The Balaban J connectivity index is 2.63. The summed E-state index contributed by atoms with van der Waals surface area (Å²) in [4.78, 5) is 17.5. The van der Waals surface area contributed by atoms with E-state index in [1.807, 2.05) is 13.8 Å². The van der Waals surface area contributed by atoms with Gasteiger partial charge in [0.1, 0.15) is 12.1 Å². The van der Waals surface area contributed by atoms with Gasteiger partial charge in [-0.2, -0.15) is 0 Å². The van der Waals surface area contributed by atoms with Crippen LogP contribution in [0.3, 0.4) is 0 Å². The molecule has 0 radical (unpaired) electrons. The van der Waals surface area contributed by atoms with Gasteiger partial charge in [0.25, 0.3) is 0 Å². The minimum Gasteiger partial charge on any atom is -0.349 e. The van der Waals surface area contributed by atoms with Crippen molar-refractivity contribution in [1.29, 1.82) is 0 Å². The first-order valence-corrected chi connectivity index (χ1v) is 3.59. The maximum Gasteiger partial charge on any atom is 0.126 e. The van der Waals surface area contributed by atoms with Crippen LogP contribution in [0.15, 0.2) is 12.4 Å². The van der Waals surface area contributed by atoms with E-state index in [0.29, 0.717) is 6.42 Å². The fourth-order valence-corrected chi connectivity index (χ4v) is 0.868. The normalized spacial score (nSPS) is 11.5. The average Bonchev–Trinajstić information content (AvgIpc) is 2.39. The van der Waals surface area contributed by atoms with Gasteiger partial charge in [0.15, 0.2) is 0 Å². The molecule has 3 heteroatoms. The molecule has 0 saturated heterocycles. The Morgan fingerprint density at radius 2 is 2.45 bits per heavy atom. The van der Waals surface area contributed by atoms with Crippen LogP contribution in [0.4, 0.5) is 0 Å². The summed E-state index contributed by atoms with van der Waals surface area (Å²) in [6.07, 6.45) is 5.07. The summed E-state index contributed by atoms with van der Waals surface area (Å²) in [6, 6.07) is 0. The van der Waals surface area contributed by atoms with Crippen LogP contribution in [0.2, 0.25) is 0 Å². The second-order valence-corrected chi connectivity index (χ2v) is 3.32. The molecule has 1 rings (SSSR count). The van der Waals surface area contributed by atoms with Crippen LogP contribution < -0.4 is 0 Å². The highest BCUT2D eigenvalue weighted by molar-refractivity contribution is 5.58. The minimum absolute atomic E-state index is 0.308. The molecule has 0 bridgehead atoms. The average molecular weight is 152 g/mol. The van der Waals surface area contributed by atoms with Gasteiger partial charge in [0.2, 0.25) is 0 Å². The first-order chi connectivity index (χ1) is 5.14. The molecule has 0 fully saturated rings. The molecule has 1 aromatic rings. The molecule has 0 aliphatic rings. The van der Waals surface area contributed by atoms with Crippen LogP contribution in [-0.2, 0) is 11.2 Å². The van der Waals surface area contributed by atoms with Crippen LogP contribution in [-0.4, -0.2) is 16.3 Å². The van der Waals surface area contributed by atoms with Gasteiger partial charge in [-0.1, -0.05) is 13.8 Å². The summed E-state index contributed by atoms with van der Waals surface area (Å²) in [5, 5.41) is 0. The number of hydrogen-bond acceptors (Lipinski definition) is 2. The molecule has 3 nitrogen and oxygen atoms in total. The quantitative estimate of drug-likeness (QED) is 0.661. The fraction of sp³-hybridized carbons (Fsp3) is 0.500. The summed E-state index contributed by atoms with van der Waals surface area (Å²) < 4.78 is 0. The van der Waals surface area contributed by atoms with Gasteiger partial charge in [0, 0.05) is 24.2 Å². The van der Waals surface area contributed by atoms with Crippen molar-refractivity contribution >= 4 is 6.29 Å². The molecule has 0 spiro atoms. The maximum atomic E-state index is 10.5. The van der Waals surface area contributed by atoms with Crippen molar-refractivity contribution in [3.63, 3.8) is 0 Å². The number of rotatable bonds is 3. The summed E-state index contributed by atoms with van der Waals surface area (Å²) >= 11 is 0. The molecule has 0 aromatic carbocycles. The highest BCUT2D eigenvalue weighted by Gasteiger charge is 2.17. The minimum atomic E-state index is -0.308. The Morgan fingerprint density at radius 3 is 2.91 bits per heavy atom. The zero-order chi connectivity index (χ0) is 8.32. The van der Waals surface area contributed by atoms with Crippen molar-refractivity contribution in [2.24, 2.45) is 5.41 Å². The highest BCUT2D eigenvalue weighted by Crippen LogP contribution is 2.15. The number of aromatic amines is 1. The van der Waals surface area contributed by atoms with Gasteiger partial charge in [-0.15, -0.1) is 0 Å². The van der Waals surface area contributed by atoms with E-state index in [1.54, 1.807) is 12.4 Å². The lowest BCUT2D eigenvalue weighted by Crippen LogP contribution is -2.17. The van der Waals surface area contributed by atoms with E-state index in [0.717, 1.165) is 12.1 Å². The van der Waals surface area contributed by atoms with E-state index in [-0.39, 0.29) is 5.41 Å². The molecule has 1 aromatic heterocycles. The van der Waals surface area contributed by atoms with E-state index >= 15 is 0 Å². The standard InChI is InChI=1S/C8H12N2O/c1-8(2,6-11)5-7-9-3-4-10-7/h3-4,6H,5H2,1-2H3,(H,9,10). The lowest BCUT2D eigenvalue weighted by atomic mass is 9.91. The van der Waals surface area contributed by atoms with Crippen molar-refractivity contribution in [3.05, 3.63) is 18.2 Å². The van der Waals surface area contributed by atoms with Crippen molar-refractivity contribution in [2.45, 2.75) is 20.3 Å². The molecular weight excluding hydrogens is 140 g/mol. The number of hydrogen-bond donors (Lipinski definition) is 1. The number of aromatic nitrogens is 2. The third-order valence-corrected chi connectivity index (χ3v) is 1.50. The molecule has 0 aliphatic heterocycles. The predicted octanol–water partition coefficient (Wildman–Crippen LogP) is 1.18. The van der Waals surface area contributed by atoms with Crippen LogP contribution in [0.5, 0.6) is 0 Å². The molecular formula is C8H12N2O. The van der Waals surface area contributed by atoms with Crippen LogP contribution in [0.1, 0.15) is 19.7 Å². The predicted molar refractivity (Wildman–Crippen MR) is 42.1 cm³/mol. The van der Waals surface area contributed by atoms with Gasteiger partial charge in [-0.25, -0.2) is 4.98 Å². The van der Waals surface area contributed by atoms with Gasteiger partial charge in [-0.05, 0) is 0 Å². The van der Waals surface area contributed by atoms with Crippen molar-refractivity contribution < 1.29 is 4.79 Å². The fourth-order valence-electron chi connectivity index (χ4n) is 0.868. The number of carbonyl (C=O) groups is 1. The topological polar surface area (TPSA) is 45.8 Å². The SMILES string of the molecule is CC(C)(C=O)Cc1ncc[nH]1. The first-order valence-electron chi connectivity index (χ1n) is 3.59. The Labute approximate surface area is 65.8 Å². The first kappa shape index (κ1) is 7.98. The zero-order valence-corrected chi connectivity index (χ0v) is 6.79. The summed E-state index contributed by atoms with van der Waals surface area (Å²) in [7, 11) is 0. The molecule has 0 saturated carbocycles. The van der Waals surface area contributed by atoms with Crippen molar-refractivity contribution in [1.82, 2.24) is 9.97 Å². The molecule has 0 atom stereocenters. The van der Waals surface area contributed by atoms with Crippen LogP contribution in [0, 0.1) is 5.41 Å². The number of imidazole rings is 1. The van der Waals surface area contributed by atoms with E-state index in [4.69, 9.17) is 0 Å². The molecule has 0 amide bonds. The Kier molecular flexibility index (Phi) is 2.08. The van der Waals surface area contributed by atoms with E-state index < -0.39 is 0 Å². The van der Waals surface area contributed by atoms with E-state index in [9.17, 15) is 4.79 Å².